The van der Waals surface area contributed by atoms with E-state index < -0.39 is 16.0 Å². The van der Waals surface area contributed by atoms with E-state index in [1.165, 1.54) is 0 Å². The first-order valence-corrected chi connectivity index (χ1v) is 6.97. The summed E-state index contributed by atoms with van der Waals surface area (Å²) in [5, 5.41) is 0.709. The highest BCUT2D eigenvalue weighted by atomic mass is 79.9. The number of fused-ring (bicyclic) bond motifs is 1. The number of rotatable bonds is 0. The molecule has 0 aliphatic carbocycles. The van der Waals surface area contributed by atoms with Crippen LogP contribution in [0.15, 0.2) is 24.3 Å². The molecule has 0 fully saturated rings. The minimum Gasteiger partial charge on any atom is -1.00 e. The molecule has 0 radical (unpaired) electrons. The Kier molecular flexibility index (Phi) is 4.42. The molecule has 1 unspecified atom stereocenters. The maximum absolute atomic E-state index is 13.1. The van der Waals surface area contributed by atoms with Crippen molar-refractivity contribution < 1.29 is 30.2 Å². The lowest BCUT2D eigenvalue weighted by atomic mass is 9.87. The van der Waals surface area contributed by atoms with Gasteiger partial charge >= 0.3 is 5.51 Å². The summed E-state index contributed by atoms with van der Waals surface area (Å²) >= 11 is 0. The summed E-state index contributed by atoms with van der Waals surface area (Å²) in [7, 11) is -1.75. The maximum atomic E-state index is 13.1. The number of thiophene rings is 1. The average Bonchev–Trinajstić information content (AvgIpc) is 2.49. The zero-order chi connectivity index (χ0) is 13.7. The zero-order valence-electron chi connectivity index (χ0n) is 11.2. The summed E-state index contributed by atoms with van der Waals surface area (Å²) in [5.41, 5.74) is -3.36. The summed E-state index contributed by atoms with van der Waals surface area (Å²) in [5.74, 6) is 0. The Labute approximate surface area is 124 Å². The van der Waals surface area contributed by atoms with Gasteiger partial charge in [-0.1, -0.05) is 26.8 Å². The van der Waals surface area contributed by atoms with Crippen LogP contribution in [-0.4, -0.2) is 0 Å². The Morgan fingerprint density at radius 1 is 1.00 bits per heavy atom. The Morgan fingerprint density at radius 2 is 1.58 bits per heavy atom. The topological polar surface area (TPSA) is 0 Å². The lowest BCUT2D eigenvalue weighted by Crippen LogP contribution is -3.00. The van der Waals surface area contributed by atoms with Crippen LogP contribution < -0.4 is 17.0 Å². The van der Waals surface area contributed by atoms with Gasteiger partial charge in [0.25, 0.3) is 0 Å². The third-order valence-electron chi connectivity index (χ3n) is 3.01. The molecular weight excluding hydrogens is 337 g/mol. The van der Waals surface area contributed by atoms with Gasteiger partial charge in [-0.3, -0.25) is 0 Å². The van der Waals surface area contributed by atoms with Crippen LogP contribution >= 0.6 is 10.5 Å². The number of alkyl halides is 3. The molecule has 0 bridgehead atoms. The number of benzene rings is 1. The van der Waals surface area contributed by atoms with Crippen LogP contribution in [0.3, 0.4) is 0 Å². The fourth-order valence-electron chi connectivity index (χ4n) is 2.06. The second-order valence-corrected chi connectivity index (χ2v) is 7.67. The molecule has 0 saturated carbocycles. The van der Waals surface area contributed by atoms with Gasteiger partial charge in [0, 0.05) is 24.4 Å². The molecule has 0 spiro atoms. The molecule has 2 aromatic rings. The molecule has 1 aromatic carbocycles. The van der Waals surface area contributed by atoms with E-state index in [0.717, 1.165) is 5.56 Å². The van der Waals surface area contributed by atoms with E-state index in [0.29, 0.717) is 15.0 Å². The summed E-state index contributed by atoms with van der Waals surface area (Å²) in [6, 6.07) is 7.10. The molecule has 5 heteroatoms. The molecule has 1 heterocycles. The normalized spacial score (nSPS) is 13.5. The largest absolute Gasteiger partial charge is 1.00 e. The zero-order valence-corrected chi connectivity index (χ0v) is 13.6. The fraction of sp³-hybridized carbons (Fsp3) is 0.429. The van der Waals surface area contributed by atoms with Crippen molar-refractivity contribution in [3.05, 3.63) is 34.7 Å². The monoisotopic (exact) mass is 352 g/mol. The summed E-state index contributed by atoms with van der Waals surface area (Å²) in [6.07, 6.45) is 0. The highest BCUT2D eigenvalue weighted by molar-refractivity contribution is 7.38. The molecule has 1 aromatic heterocycles. The first-order chi connectivity index (χ1) is 8.10. The van der Waals surface area contributed by atoms with Crippen molar-refractivity contribution in [2.24, 2.45) is 0 Å². The van der Waals surface area contributed by atoms with E-state index in [9.17, 15) is 13.2 Å². The fourth-order valence-corrected chi connectivity index (χ4v) is 3.87. The first-order valence-electron chi connectivity index (χ1n) is 5.74. The van der Waals surface area contributed by atoms with Crippen molar-refractivity contribution >= 4 is 20.6 Å². The van der Waals surface area contributed by atoms with Crippen molar-refractivity contribution in [3.63, 3.8) is 0 Å². The van der Waals surface area contributed by atoms with E-state index in [-0.39, 0.29) is 22.4 Å². The standard InChI is InChI=1S/C14H16F3S.BrH/c1-9-7-10-5-6-11(13(2,3)4)8-12(10)18(9)14(15,16)17;/h5-8H,1-4H3;1H/q+1;/p-1. The number of halogens is 4. The van der Waals surface area contributed by atoms with Gasteiger partial charge in [-0.25, -0.2) is 0 Å². The predicted molar refractivity (Wildman–Crippen MR) is 71.2 cm³/mol. The summed E-state index contributed by atoms with van der Waals surface area (Å²) < 4.78 is 39.7. The van der Waals surface area contributed by atoms with Crippen molar-refractivity contribution in [3.8, 4) is 0 Å². The first kappa shape index (κ1) is 16.5. The Bertz CT molecular complexity index is 591. The lowest BCUT2D eigenvalue weighted by molar-refractivity contribution is -0.0867. The minimum absolute atomic E-state index is 0. The maximum Gasteiger partial charge on any atom is 0.600 e. The van der Waals surface area contributed by atoms with Crippen LogP contribution in [0.2, 0.25) is 0 Å². The van der Waals surface area contributed by atoms with Gasteiger partial charge in [0.05, 0.1) is 10.5 Å². The second-order valence-electron chi connectivity index (χ2n) is 5.51. The van der Waals surface area contributed by atoms with E-state index in [1.54, 1.807) is 25.1 Å². The van der Waals surface area contributed by atoms with Gasteiger partial charge in [-0.05, 0) is 17.0 Å². The van der Waals surface area contributed by atoms with Gasteiger partial charge in [0.2, 0.25) is 0 Å². The highest BCUT2D eigenvalue weighted by Crippen LogP contribution is 2.51. The van der Waals surface area contributed by atoms with Gasteiger partial charge in [-0.15, -0.1) is 13.2 Å². The molecular formula is C14H16BrF3S. The second kappa shape index (κ2) is 5.09. The molecule has 0 N–H and O–H groups in total. The van der Waals surface area contributed by atoms with Gasteiger partial charge in [0.15, 0.2) is 9.58 Å². The molecule has 106 valence electrons. The Hall–Kier alpha value is -0.550. The molecule has 1 atom stereocenters. The van der Waals surface area contributed by atoms with Crippen molar-refractivity contribution in [2.45, 2.75) is 38.6 Å². The summed E-state index contributed by atoms with van der Waals surface area (Å²) in [4.78, 5) is 0.406. The van der Waals surface area contributed by atoms with E-state index >= 15 is 0 Å². The average molecular weight is 353 g/mol. The number of hydrogen-bond acceptors (Lipinski definition) is 0. The van der Waals surface area contributed by atoms with Crippen molar-refractivity contribution in [1.29, 1.82) is 0 Å². The molecule has 0 nitrogen and oxygen atoms in total. The smallest absolute Gasteiger partial charge is 0.600 e. The Balaban J connectivity index is 0.00000180. The third kappa shape index (κ3) is 3.14. The van der Waals surface area contributed by atoms with Crippen LogP contribution in [0.5, 0.6) is 0 Å². The van der Waals surface area contributed by atoms with Crippen LogP contribution in [0.25, 0.3) is 10.1 Å². The van der Waals surface area contributed by atoms with Gasteiger partial charge < -0.3 is 17.0 Å². The Morgan fingerprint density at radius 3 is 2.05 bits per heavy atom. The highest BCUT2D eigenvalue weighted by Gasteiger charge is 2.47. The van der Waals surface area contributed by atoms with Crippen molar-refractivity contribution in [1.82, 2.24) is 0 Å². The number of hydrogen-bond donors (Lipinski definition) is 0. The van der Waals surface area contributed by atoms with Crippen LogP contribution in [0, 0.1) is 6.92 Å². The predicted octanol–water partition coefficient (Wildman–Crippen LogP) is 2.68. The summed E-state index contributed by atoms with van der Waals surface area (Å²) in [6.45, 7) is 7.59. The molecule has 0 amide bonds. The van der Waals surface area contributed by atoms with E-state index in [4.69, 9.17) is 0 Å². The van der Waals surface area contributed by atoms with Crippen LogP contribution in [0.4, 0.5) is 13.2 Å². The minimum atomic E-state index is -4.18. The van der Waals surface area contributed by atoms with Gasteiger partial charge in [0.1, 0.15) is 0 Å². The molecule has 0 saturated heterocycles. The number of aryl methyl sites for hydroxylation is 1. The quantitative estimate of drug-likeness (QED) is 0.639. The molecule has 0 aliphatic rings. The molecule has 19 heavy (non-hydrogen) atoms. The van der Waals surface area contributed by atoms with Gasteiger partial charge in [-0.2, -0.15) is 0 Å². The van der Waals surface area contributed by atoms with Crippen molar-refractivity contribution in [2.75, 3.05) is 0 Å². The third-order valence-corrected chi connectivity index (χ3v) is 5.03. The van der Waals surface area contributed by atoms with E-state index in [2.05, 4.69) is 0 Å². The lowest BCUT2D eigenvalue weighted by Gasteiger charge is -2.18. The molecule has 0 aliphatic heterocycles. The van der Waals surface area contributed by atoms with E-state index in [1.807, 2.05) is 26.8 Å². The van der Waals surface area contributed by atoms with Crippen LogP contribution in [-0.2, 0) is 10.9 Å². The molecule has 2 rings (SSSR count). The van der Waals surface area contributed by atoms with Crippen LogP contribution in [0.1, 0.15) is 31.2 Å². The SMILES string of the molecule is Cc1cc2ccc(C(C)(C)C)cc2[s+]1C(F)(F)F.[Br-].